The van der Waals surface area contributed by atoms with Gasteiger partial charge in [0.15, 0.2) is 0 Å². The summed E-state index contributed by atoms with van der Waals surface area (Å²) in [6.45, 7) is 0. The molecule has 0 fully saturated rings. The van der Waals surface area contributed by atoms with E-state index in [0.29, 0.717) is 19.3 Å². The predicted octanol–water partition coefficient (Wildman–Crippen LogP) is 7.49. The molecule has 0 heterocycles. The van der Waals surface area contributed by atoms with Gasteiger partial charge >= 0.3 is 348 Å². The summed E-state index contributed by atoms with van der Waals surface area (Å²) in [7, 11) is -6.75. The number of benzene rings is 6. The molecule has 2 atom stereocenters. The van der Waals surface area contributed by atoms with Crippen LogP contribution < -0.4 is 31.8 Å². The second-order valence-corrected chi connectivity index (χ2v) is 21.2. The molecule has 304 valence electrons. The summed E-state index contributed by atoms with van der Waals surface area (Å²) in [4.78, 5) is 52.7. The molecule has 10 heteroatoms. The molecule has 2 N–H and O–H groups in total. The van der Waals surface area contributed by atoms with E-state index < -0.39 is 50.7 Å². The monoisotopic (exact) mass is 828 g/mol. The van der Waals surface area contributed by atoms with Gasteiger partial charge in [-0.05, 0) is 0 Å². The second kappa shape index (κ2) is 20.7. The Morgan fingerprint density at radius 1 is 0.373 bits per heavy atom. The van der Waals surface area contributed by atoms with E-state index >= 15 is 0 Å². The van der Waals surface area contributed by atoms with E-state index in [1.54, 1.807) is 0 Å². The number of carboxylic acid groups (broad SMARTS) is 2. The molecule has 0 amide bonds. The van der Waals surface area contributed by atoms with Crippen LogP contribution in [0.15, 0.2) is 182 Å². The molecule has 8 nitrogen and oxygen atoms in total. The number of carboxylic acids is 2. The SMILES string of the molecule is O=C(CC(CCCCCC(CC(=O)O[PH](c1ccccc1)(c1ccccc1)c1ccccc1)C(=O)O)C(=O)O)O[PH](c1ccccc1)(c1ccccc1)c1ccccc1. The Balaban J connectivity index is 1.10. The van der Waals surface area contributed by atoms with Gasteiger partial charge in [-0.25, -0.2) is 0 Å². The molecule has 0 bridgehead atoms. The number of hydrogen-bond acceptors (Lipinski definition) is 6. The van der Waals surface area contributed by atoms with E-state index in [-0.39, 0.29) is 25.7 Å². The number of unbranched alkanes of at least 4 members (excludes halogenated alkanes) is 2. The average molecular weight is 829 g/mol. The number of carbonyl (C=O) groups excluding carboxylic acids is 2. The maximum atomic E-state index is 13.9. The van der Waals surface area contributed by atoms with Crippen molar-refractivity contribution >= 4 is 70.7 Å². The molecule has 6 rings (SSSR count). The maximum absolute atomic E-state index is 13.9. The Labute approximate surface area is 346 Å². The van der Waals surface area contributed by atoms with E-state index in [4.69, 9.17) is 9.05 Å². The van der Waals surface area contributed by atoms with Crippen LogP contribution in [0.1, 0.15) is 44.9 Å². The van der Waals surface area contributed by atoms with E-state index in [9.17, 15) is 29.4 Å². The molecule has 0 aromatic heterocycles. The van der Waals surface area contributed by atoms with Crippen LogP contribution in [0.25, 0.3) is 0 Å². The minimum absolute atomic E-state index is 0.208. The van der Waals surface area contributed by atoms with Gasteiger partial charge in [0.2, 0.25) is 0 Å². The van der Waals surface area contributed by atoms with Crippen molar-refractivity contribution in [3.63, 3.8) is 0 Å². The molecular formula is C49H50O8P2. The minimum atomic E-state index is -3.38. The fourth-order valence-electron chi connectivity index (χ4n) is 7.80. The number of aliphatic carboxylic acids is 2. The van der Waals surface area contributed by atoms with Crippen molar-refractivity contribution in [2.45, 2.75) is 44.9 Å². The summed E-state index contributed by atoms with van der Waals surface area (Å²) in [5.41, 5.74) is 0. The van der Waals surface area contributed by atoms with Crippen molar-refractivity contribution in [1.29, 1.82) is 0 Å². The predicted molar refractivity (Wildman–Crippen MR) is 240 cm³/mol. The molecule has 2 unspecified atom stereocenters. The molecule has 0 saturated heterocycles. The van der Waals surface area contributed by atoms with Crippen LogP contribution in [0.3, 0.4) is 0 Å². The Kier molecular flexibility index (Phi) is 14.9. The van der Waals surface area contributed by atoms with Gasteiger partial charge in [0.25, 0.3) is 0 Å². The topological polar surface area (TPSA) is 127 Å². The summed E-state index contributed by atoms with van der Waals surface area (Å²) >= 11 is 0. The summed E-state index contributed by atoms with van der Waals surface area (Å²) in [5, 5.41) is 25.6. The van der Waals surface area contributed by atoms with Crippen molar-refractivity contribution in [1.82, 2.24) is 0 Å². The summed E-state index contributed by atoms with van der Waals surface area (Å²) < 4.78 is 13.1. The van der Waals surface area contributed by atoms with Crippen LogP contribution in [-0.4, -0.2) is 34.1 Å². The third kappa shape index (κ3) is 10.4. The zero-order valence-electron chi connectivity index (χ0n) is 32.8. The third-order valence-corrected chi connectivity index (χ3v) is 18.7. The fraction of sp³-hybridized carbons (Fsp3) is 0.184. The molecule has 0 saturated carbocycles. The van der Waals surface area contributed by atoms with Crippen LogP contribution in [0, 0.1) is 11.8 Å². The third-order valence-electron chi connectivity index (χ3n) is 10.7. The van der Waals surface area contributed by atoms with Gasteiger partial charge in [0.05, 0.1) is 0 Å². The summed E-state index contributed by atoms with van der Waals surface area (Å²) in [5.74, 6) is -5.36. The second-order valence-electron chi connectivity index (χ2n) is 14.6. The molecule has 0 aliphatic heterocycles. The molecule has 6 aromatic rings. The molecule has 0 radical (unpaired) electrons. The van der Waals surface area contributed by atoms with Crippen molar-refractivity contribution in [3.8, 4) is 0 Å². The molecule has 6 aromatic carbocycles. The van der Waals surface area contributed by atoms with Gasteiger partial charge in [-0.2, -0.15) is 0 Å². The van der Waals surface area contributed by atoms with E-state index in [1.165, 1.54) is 0 Å². The molecule has 0 spiro atoms. The first kappa shape index (κ1) is 42.7. The van der Waals surface area contributed by atoms with Gasteiger partial charge in [-0.3, -0.25) is 0 Å². The van der Waals surface area contributed by atoms with Gasteiger partial charge in [-0.1, -0.05) is 0 Å². The van der Waals surface area contributed by atoms with Crippen molar-refractivity contribution in [2.75, 3.05) is 0 Å². The van der Waals surface area contributed by atoms with Gasteiger partial charge < -0.3 is 0 Å². The summed E-state index contributed by atoms with van der Waals surface area (Å²) in [6.07, 6.45) is 1.22. The van der Waals surface area contributed by atoms with Crippen molar-refractivity contribution in [2.24, 2.45) is 11.8 Å². The molecule has 59 heavy (non-hydrogen) atoms. The van der Waals surface area contributed by atoms with Crippen LogP contribution in [0.2, 0.25) is 0 Å². The molecule has 0 aliphatic carbocycles. The molecule has 0 aliphatic rings. The first-order chi connectivity index (χ1) is 28.7. The van der Waals surface area contributed by atoms with E-state index in [2.05, 4.69) is 0 Å². The van der Waals surface area contributed by atoms with Crippen molar-refractivity contribution in [3.05, 3.63) is 182 Å². The summed E-state index contributed by atoms with van der Waals surface area (Å²) in [6, 6.07) is 57.7. The van der Waals surface area contributed by atoms with Gasteiger partial charge in [0.1, 0.15) is 0 Å². The van der Waals surface area contributed by atoms with Crippen LogP contribution in [0.5, 0.6) is 0 Å². The molecular weight excluding hydrogens is 778 g/mol. The normalized spacial score (nSPS) is 13.0. The van der Waals surface area contributed by atoms with Crippen molar-refractivity contribution < 1.29 is 38.4 Å². The first-order valence-electron chi connectivity index (χ1n) is 20.0. The zero-order chi connectivity index (χ0) is 41.5. The Bertz CT molecular complexity index is 1900. The Hall–Kier alpha value is -5.94. The van der Waals surface area contributed by atoms with Gasteiger partial charge in [0, 0.05) is 0 Å². The zero-order valence-corrected chi connectivity index (χ0v) is 34.8. The number of carbonyl (C=O) groups is 4. The van der Waals surface area contributed by atoms with Crippen LogP contribution in [-0.2, 0) is 28.2 Å². The number of hydrogen-bond donors (Lipinski definition) is 2. The Morgan fingerprint density at radius 3 is 0.797 bits per heavy atom. The van der Waals surface area contributed by atoms with E-state index in [1.807, 2.05) is 182 Å². The van der Waals surface area contributed by atoms with Crippen LogP contribution >= 0.6 is 15.0 Å². The standard InChI is InChI=1S/C49H50O8P2/c50-46(56-58(40-24-10-2-11-25-40,41-26-12-3-13-27-41)42-28-14-4-15-29-42)36-38(48(52)53)22-8-1-9-23-39(49(54)55)37-47(51)57-59(43-30-16-5-17-31-43,44-32-18-6-19-33-44)45-34-20-7-21-35-45/h2-7,10-21,24-35,38-39,58-59H,1,8-9,22-23,36-37H2,(H,52,53)(H,54,55). The first-order valence-corrected chi connectivity index (χ1v) is 23.8. The fourth-order valence-corrected chi connectivity index (χ4v) is 15.3. The quantitative estimate of drug-likeness (QED) is 0.0599. The number of rotatable bonds is 20. The Morgan fingerprint density at radius 2 is 0.593 bits per heavy atom. The average Bonchev–Trinajstić information content (AvgIpc) is 3.28. The van der Waals surface area contributed by atoms with Gasteiger partial charge in [-0.15, -0.1) is 0 Å². The van der Waals surface area contributed by atoms with E-state index in [0.717, 1.165) is 31.8 Å². The van der Waals surface area contributed by atoms with Crippen LogP contribution in [0.4, 0.5) is 0 Å².